The number of aliphatic hydroxyl groups excluding tert-OH is 1. The fourth-order valence-corrected chi connectivity index (χ4v) is 3.48. The molecule has 0 unspecified atom stereocenters. The van der Waals surface area contributed by atoms with Crippen molar-refractivity contribution in [1.82, 2.24) is 9.29 Å². The number of aliphatic hydroxyl groups is 1. The van der Waals surface area contributed by atoms with Crippen molar-refractivity contribution in [3.8, 4) is 0 Å². The van der Waals surface area contributed by atoms with Gasteiger partial charge >= 0.3 is 0 Å². The minimum Gasteiger partial charge on any atom is -0.392 e. The van der Waals surface area contributed by atoms with Crippen LogP contribution in [0.25, 0.3) is 0 Å². The number of aromatic nitrogens is 1. The van der Waals surface area contributed by atoms with E-state index in [1.807, 2.05) is 0 Å². The molecule has 1 aromatic heterocycles. The highest BCUT2D eigenvalue weighted by Gasteiger charge is 2.30. The van der Waals surface area contributed by atoms with Gasteiger partial charge in [-0.2, -0.15) is 4.31 Å². The third-order valence-corrected chi connectivity index (χ3v) is 5.13. The molecule has 7 heteroatoms. The quantitative estimate of drug-likeness (QED) is 0.865. The molecule has 6 nitrogen and oxygen atoms in total. The number of ether oxygens (including phenoxy) is 1. The van der Waals surface area contributed by atoms with Crippen molar-refractivity contribution in [3.63, 3.8) is 0 Å². The van der Waals surface area contributed by atoms with Crippen LogP contribution in [-0.2, 0) is 21.4 Å². The second kappa shape index (κ2) is 5.96. The summed E-state index contributed by atoms with van der Waals surface area (Å²) < 4.78 is 31.3. The van der Waals surface area contributed by atoms with E-state index in [1.54, 1.807) is 13.2 Å². The Morgan fingerprint density at radius 2 is 2.11 bits per heavy atom. The Morgan fingerprint density at radius 1 is 1.42 bits per heavy atom. The first-order valence-corrected chi connectivity index (χ1v) is 7.60. The van der Waals surface area contributed by atoms with Gasteiger partial charge in [-0.1, -0.05) is 6.07 Å². The summed E-state index contributed by atoms with van der Waals surface area (Å²) in [5.41, 5.74) is 0.594. The van der Waals surface area contributed by atoms with Crippen molar-refractivity contribution < 1.29 is 18.3 Å². The summed E-state index contributed by atoms with van der Waals surface area (Å²) in [7, 11) is -1.89. The van der Waals surface area contributed by atoms with E-state index in [2.05, 4.69) is 4.98 Å². The number of hydrogen-bond acceptors (Lipinski definition) is 5. The molecule has 0 bridgehead atoms. The molecule has 1 aliphatic rings. The molecule has 106 valence electrons. The lowest BCUT2D eigenvalue weighted by atomic mass is 10.1. The van der Waals surface area contributed by atoms with Crippen LogP contribution in [0, 0.1) is 0 Å². The number of piperidine rings is 1. The van der Waals surface area contributed by atoms with E-state index < -0.39 is 10.0 Å². The molecular formula is C12H18N2O4S. The SMILES string of the molecule is COC1CCN(S(=O)(=O)c2ccc(CO)cn2)CC1. The van der Waals surface area contributed by atoms with Gasteiger partial charge in [-0.05, 0) is 24.5 Å². The van der Waals surface area contributed by atoms with Gasteiger partial charge in [0.2, 0.25) is 0 Å². The number of sulfonamides is 1. The Morgan fingerprint density at radius 3 is 2.58 bits per heavy atom. The van der Waals surface area contributed by atoms with Crippen LogP contribution in [0.5, 0.6) is 0 Å². The molecule has 1 aliphatic heterocycles. The second-order valence-electron chi connectivity index (χ2n) is 4.50. The Kier molecular flexibility index (Phi) is 4.51. The highest BCUT2D eigenvalue weighted by Crippen LogP contribution is 2.20. The van der Waals surface area contributed by atoms with Crippen molar-refractivity contribution in [3.05, 3.63) is 23.9 Å². The molecule has 19 heavy (non-hydrogen) atoms. The summed E-state index contributed by atoms with van der Waals surface area (Å²) in [4.78, 5) is 3.91. The highest BCUT2D eigenvalue weighted by molar-refractivity contribution is 7.89. The summed E-state index contributed by atoms with van der Waals surface area (Å²) in [6.45, 7) is 0.751. The van der Waals surface area contributed by atoms with Crippen molar-refractivity contribution in [1.29, 1.82) is 0 Å². The van der Waals surface area contributed by atoms with E-state index in [9.17, 15) is 8.42 Å². The number of pyridine rings is 1. The van der Waals surface area contributed by atoms with Crippen LogP contribution in [0.3, 0.4) is 0 Å². The van der Waals surface area contributed by atoms with E-state index >= 15 is 0 Å². The van der Waals surface area contributed by atoms with Gasteiger partial charge in [-0.3, -0.25) is 0 Å². The molecule has 1 aromatic rings. The second-order valence-corrected chi connectivity index (χ2v) is 6.39. The molecule has 2 heterocycles. The summed E-state index contributed by atoms with van der Waals surface area (Å²) in [6, 6.07) is 3.01. The maximum atomic E-state index is 12.3. The molecular weight excluding hydrogens is 268 g/mol. The third-order valence-electron chi connectivity index (χ3n) is 3.32. The van der Waals surface area contributed by atoms with Gasteiger partial charge in [0, 0.05) is 26.4 Å². The molecule has 0 aromatic carbocycles. The zero-order chi connectivity index (χ0) is 13.9. The number of nitrogens with zero attached hydrogens (tertiary/aromatic N) is 2. The van der Waals surface area contributed by atoms with Gasteiger partial charge in [-0.25, -0.2) is 13.4 Å². The predicted octanol–water partition coefficient (Wildman–Crippen LogP) is 0.373. The largest absolute Gasteiger partial charge is 0.392 e. The van der Waals surface area contributed by atoms with E-state index in [4.69, 9.17) is 9.84 Å². The van der Waals surface area contributed by atoms with Crippen LogP contribution in [0.2, 0.25) is 0 Å². The van der Waals surface area contributed by atoms with Gasteiger partial charge in [0.1, 0.15) is 0 Å². The molecule has 2 rings (SSSR count). The van der Waals surface area contributed by atoms with Crippen molar-refractivity contribution in [2.24, 2.45) is 0 Å². The average molecular weight is 286 g/mol. The van der Waals surface area contributed by atoms with E-state index in [0.29, 0.717) is 31.5 Å². The number of rotatable bonds is 4. The zero-order valence-corrected chi connectivity index (χ0v) is 11.6. The monoisotopic (exact) mass is 286 g/mol. The minimum atomic E-state index is -3.53. The number of hydrogen-bond donors (Lipinski definition) is 1. The van der Waals surface area contributed by atoms with Gasteiger partial charge in [-0.15, -0.1) is 0 Å². The topological polar surface area (TPSA) is 79.7 Å². The minimum absolute atomic E-state index is 0.0283. The van der Waals surface area contributed by atoms with E-state index in [-0.39, 0.29) is 17.7 Å². The molecule has 1 N–H and O–H groups in total. The Labute approximate surface area is 113 Å². The van der Waals surface area contributed by atoms with Crippen LogP contribution in [0.15, 0.2) is 23.4 Å². The molecule has 0 aliphatic carbocycles. The zero-order valence-electron chi connectivity index (χ0n) is 10.8. The fourth-order valence-electron chi connectivity index (χ4n) is 2.10. The van der Waals surface area contributed by atoms with Gasteiger partial charge in [0.05, 0.1) is 12.7 Å². The molecule has 1 fully saturated rings. The smallest absolute Gasteiger partial charge is 0.260 e. The predicted molar refractivity (Wildman–Crippen MR) is 68.9 cm³/mol. The molecule has 0 spiro atoms. The Balaban J connectivity index is 2.13. The summed E-state index contributed by atoms with van der Waals surface area (Å²) >= 11 is 0. The number of methoxy groups -OCH3 is 1. The fraction of sp³-hybridized carbons (Fsp3) is 0.583. The van der Waals surface area contributed by atoms with Gasteiger partial charge in [0.15, 0.2) is 5.03 Å². The first-order valence-electron chi connectivity index (χ1n) is 6.16. The highest BCUT2D eigenvalue weighted by atomic mass is 32.2. The molecule has 0 atom stereocenters. The normalized spacial score (nSPS) is 18.6. The van der Waals surface area contributed by atoms with Crippen molar-refractivity contribution in [2.75, 3.05) is 20.2 Å². The molecule has 0 amide bonds. The summed E-state index contributed by atoms with van der Waals surface area (Å²) in [6.07, 6.45) is 2.92. The summed E-state index contributed by atoms with van der Waals surface area (Å²) in [5.74, 6) is 0. The standard InChI is InChI=1S/C12H18N2O4S/c1-18-11-4-6-14(7-5-11)19(16,17)12-3-2-10(9-15)8-13-12/h2-3,8,11,15H,4-7,9H2,1H3. The molecule has 0 radical (unpaired) electrons. The lowest BCUT2D eigenvalue weighted by Gasteiger charge is -2.30. The van der Waals surface area contributed by atoms with Crippen LogP contribution in [0.4, 0.5) is 0 Å². The first-order chi connectivity index (χ1) is 9.07. The van der Waals surface area contributed by atoms with Gasteiger partial charge in [0.25, 0.3) is 10.0 Å². The van der Waals surface area contributed by atoms with Crippen LogP contribution in [-0.4, -0.2) is 49.1 Å². The van der Waals surface area contributed by atoms with Crippen molar-refractivity contribution in [2.45, 2.75) is 30.6 Å². The first kappa shape index (κ1) is 14.4. The summed E-state index contributed by atoms with van der Waals surface area (Å²) in [5, 5.41) is 8.95. The lowest BCUT2D eigenvalue weighted by Crippen LogP contribution is -2.40. The van der Waals surface area contributed by atoms with Crippen molar-refractivity contribution >= 4 is 10.0 Å². The lowest BCUT2D eigenvalue weighted by molar-refractivity contribution is 0.0604. The van der Waals surface area contributed by atoms with Crippen LogP contribution >= 0.6 is 0 Å². The molecule has 1 saturated heterocycles. The van der Waals surface area contributed by atoms with Gasteiger partial charge < -0.3 is 9.84 Å². The maximum absolute atomic E-state index is 12.3. The average Bonchev–Trinajstić information content (AvgIpc) is 2.47. The third kappa shape index (κ3) is 3.11. The van der Waals surface area contributed by atoms with E-state index in [0.717, 1.165) is 0 Å². The van der Waals surface area contributed by atoms with Crippen LogP contribution in [0.1, 0.15) is 18.4 Å². The molecule has 0 saturated carbocycles. The maximum Gasteiger partial charge on any atom is 0.260 e. The Bertz CT molecular complexity index is 507. The van der Waals surface area contributed by atoms with Crippen LogP contribution < -0.4 is 0 Å². The Hall–Kier alpha value is -1.02. The van der Waals surface area contributed by atoms with E-state index in [1.165, 1.54) is 16.6 Å².